The van der Waals surface area contributed by atoms with E-state index in [-0.39, 0.29) is 5.91 Å². The number of hydrogen-bond acceptors (Lipinski definition) is 2. The molecule has 0 aromatic carbocycles. The Bertz CT molecular complexity index is 181. The molecule has 1 saturated heterocycles. The van der Waals surface area contributed by atoms with Gasteiger partial charge in [-0.05, 0) is 12.5 Å². The van der Waals surface area contributed by atoms with E-state index in [0.717, 1.165) is 25.3 Å². The number of thioether (sulfide) groups is 1. The van der Waals surface area contributed by atoms with Gasteiger partial charge in [-0.1, -0.05) is 13.5 Å². The average molecular weight is 185 g/mol. The second kappa shape index (κ2) is 4.55. The summed E-state index contributed by atoms with van der Waals surface area (Å²) in [6.45, 7) is 7.43. The van der Waals surface area contributed by atoms with Crippen molar-refractivity contribution in [2.24, 2.45) is 0 Å². The van der Waals surface area contributed by atoms with Crippen LogP contribution in [0.4, 0.5) is 0 Å². The molecular formula is C9H15NOS. The van der Waals surface area contributed by atoms with Crippen molar-refractivity contribution in [3.63, 3.8) is 0 Å². The van der Waals surface area contributed by atoms with Crippen molar-refractivity contribution in [2.45, 2.75) is 18.6 Å². The first-order valence-electron chi connectivity index (χ1n) is 4.31. The summed E-state index contributed by atoms with van der Waals surface area (Å²) in [6, 6.07) is 0. The standard InChI is InChI=1S/C9H15NOS/c1-3-8-7-10(5-6-12-8)9(11)4-2/h4,8H,2-3,5-7H2,1H3. The fourth-order valence-electron chi connectivity index (χ4n) is 1.30. The summed E-state index contributed by atoms with van der Waals surface area (Å²) >= 11 is 1.97. The molecule has 0 aromatic heterocycles. The minimum atomic E-state index is 0.0775. The van der Waals surface area contributed by atoms with Gasteiger partial charge in [-0.2, -0.15) is 11.8 Å². The Morgan fingerprint density at radius 2 is 2.58 bits per heavy atom. The molecular weight excluding hydrogens is 170 g/mol. The molecule has 1 fully saturated rings. The zero-order chi connectivity index (χ0) is 8.97. The van der Waals surface area contributed by atoms with Gasteiger partial charge in [0.05, 0.1) is 0 Å². The van der Waals surface area contributed by atoms with Crippen molar-refractivity contribution >= 4 is 17.7 Å². The summed E-state index contributed by atoms with van der Waals surface area (Å²) < 4.78 is 0. The molecule has 0 aromatic rings. The molecule has 1 rings (SSSR count). The smallest absolute Gasteiger partial charge is 0.246 e. The van der Waals surface area contributed by atoms with E-state index in [1.54, 1.807) is 0 Å². The minimum absolute atomic E-state index is 0.0775. The lowest BCUT2D eigenvalue weighted by Gasteiger charge is -2.31. The molecule has 12 heavy (non-hydrogen) atoms. The van der Waals surface area contributed by atoms with Gasteiger partial charge in [0.1, 0.15) is 0 Å². The zero-order valence-electron chi connectivity index (χ0n) is 7.45. The SMILES string of the molecule is C=CC(=O)N1CCSC(CC)C1. The molecule has 1 atom stereocenters. The van der Waals surface area contributed by atoms with Crippen LogP contribution in [0.1, 0.15) is 13.3 Å². The zero-order valence-corrected chi connectivity index (χ0v) is 8.27. The first-order valence-corrected chi connectivity index (χ1v) is 5.35. The maximum Gasteiger partial charge on any atom is 0.246 e. The van der Waals surface area contributed by atoms with Gasteiger partial charge < -0.3 is 4.90 Å². The molecule has 0 bridgehead atoms. The summed E-state index contributed by atoms with van der Waals surface area (Å²) in [5.74, 6) is 1.15. The molecule has 1 aliphatic heterocycles. The van der Waals surface area contributed by atoms with Gasteiger partial charge in [-0.3, -0.25) is 4.79 Å². The Balaban J connectivity index is 2.45. The predicted octanol–water partition coefficient (Wildman–Crippen LogP) is 1.53. The molecule has 2 nitrogen and oxygen atoms in total. The maximum absolute atomic E-state index is 11.2. The molecule has 3 heteroatoms. The number of rotatable bonds is 2. The summed E-state index contributed by atoms with van der Waals surface area (Å²) in [5.41, 5.74) is 0. The molecule has 1 amide bonds. The third-order valence-corrected chi connectivity index (χ3v) is 3.45. The van der Waals surface area contributed by atoms with Crippen molar-refractivity contribution in [2.75, 3.05) is 18.8 Å². The van der Waals surface area contributed by atoms with Gasteiger partial charge in [-0.15, -0.1) is 0 Å². The topological polar surface area (TPSA) is 20.3 Å². The van der Waals surface area contributed by atoms with E-state index in [4.69, 9.17) is 0 Å². The van der Waals surface area contributed by atoms with E-state index in [0.29, 0.717) is 5.25 Å². The van der Waals surface area contributed by atoms with Crippen LogP contribution in [0.5, 0.6) is 0 Å². The Morgan fingerprint density at radius 3 is 3.17 bits per heavy atom. The second-order valence-corrected chi connectivity index (χ2v) is 4.30. The summed E-state index contributed by atoms with van der Waals surface area (Å²) in [4.78, 5) is 13.1. The van der Waals surface area contributed by atoms with Crippen LogP contribution >= 0.6 is 11.8 Å². The van der Waals surface area contributed by atoms with Crippen molar-refractivity contribution in [1.29, 1.82) is 0 Å². The molecule has 1 aliphatic rings. The van der Waals surface area contributed by atoms with Crippen LogP contribution in [0.25, 0.3) is 0 Å². The highest BCUT2D eigenvalue weighted by Crippen LogP contribution is 2.20. The van der Waals surface area contributed by atoms with E-state index < -0.39 is 0 Å². The minimum Gasteiger partial charge on any atom is -0.337 e. The van der Waals surface area contributed by atoms with Gasteiger partial charge in [0.2, 0.25) is 5.91 Å². The largest absolute Gasteiger partial charge is 0.337 e. The number of carbonyl (C=O) groups is 1. The molecule has 1 unspecified atom stereocenters. The van der Waals surface area contributed by atoms with Gasteiger partial charge in [0.25, 0.3) is 0 Å². The Kier molecular flexibility index (Phi) is 3.66. The fraction of sp³-hybridized carbons (Fsp3) is 0.667. The second-order valence-electron chi connectivity index (χ2n) is 2.89. The third kappa shape index (κ3) is 2.27. The van der Waals surface area contributed by atoms with Crippen molar-refractivity contribution < 1.29 is 4.79 Å². The van der Waals surface area contributed by atoms with E-state index in [1.807, 2.05) is 16.7 Å². The van der Waals surface area contributed by atoms with Gasteiger partial charge in [0.15, 0.2) is 0 Å². The first kappa shape index (κ1) is 9.65. The van der Waals surface area contributed by atoms with Crippen molar-refractivity contribution in [1.82, 2.24) is 4.90 Å². The molecule has 0 spiro atoms. The van der Waals surface area contributed by atoms with Gasteiger partial charge in [-0.25, -0.2) is 0 Å². The Labute approximate surface area is 78.0 Å². The van der Waals surface area contributed by atoms with Crippen LogP contribution in [0.2, 0.25) is 0 Å². The molecule has 1 heterocycles. The van der Waals surface area contributed by atoms with Crippen LogP contribution < -0.4 is 0 Å². The van der Waals surface area contributed by atoms with Crippen LogP contribution in [-0.2, 0) is 4.79 Å². The molecule has 0 aliphatic carbocycles. The van der Waals surface area contributed by atoms with Crippen LogP contribution in [0.15, 0.2) is 12.7 Å². The monoisotopic (exact) mass is 185 g/mol. The highest BCUT2D eigenvalue weighted by atomic mass is 32.2. The maximum atomic E-state index is 11.2. The van der Waals surface area contributed by atoms with E-state index in [9.17, 15) is 4.79 Å². The molecule has 68 valence electrons. The lowest BCUT2D eigenvalue weighted by atomic mass is 10.3. The van der Waals surface area contributed by atoms with Crippen LogP contribution in [-0.4, -0.2) is 34.9 Å². The average Bonchev–Trinajstić information content (AvgIpc) is 2.17. The van der Waals surface area contributed by atoms with Gasteiger partial charge in [0, 0.05) is 24.1 Å². The molecule has 0 saturated carbocycles. The van der Waals surface area contributed by atoms with E-state index in [2.05, 4.69) is 13.5 Å². The van der Waals surface area contributed by atoms with E-state index >= 15 is 0 Å². The molecule has 0 radical (unpaired) electrons. The number of nitrogens with zero attached hydrogens (tertiary/aromatic N) is 1. The summed E-state index contributed by atoms with van der Waals surface area (Å²) in [7, 11) is 0. The van der Waals surface area contributed by atoms with Crippen LogP contribution in [0, 0.1) is 0 Å². The number of amides is 1. The normalized spacial score (nSPS) is 23.8. The lowest BCUT2D eigenvalue weighted by molar-refractivity contribution is -0.125. The lowest BCUT2D eigenvalue weighted by Crippen LogP contribution is -2.40. The van der Waals surface area contributed by atoms with Gasteiger partial charge >= 0.3 is 0 Å². The third-order valence-electron chi connectivity index (χ3n) is 2.08. The van der Waals surface area contributed by atoms with Crippen LogP contribution in [0.3, 0.4) is 0 Å². The predicted molar refractivity (Wildman–Crippen MR) is 53.3 cm³/mol. The highest BCUT2D eigenvalue weighted by Gasteiger charge is 2.20. The van der Waals surface area contributed by atoms with Crippen molar-refractivity contribution in [3.05, 3.63) is 12.7 Å². The van der Waals surface area contributed by atoms with Crippen molar-refractivity contribution in [3.8, 4) is 0 Å². The fourth-order valence-corrected chi connectivity index (χ4v) is 2.48. The summed E-state index contributed by atoms with van der Waals surface area (Å²) in [5, 5.41) is 0.627. The quantitative estimate of drug-likeness (QED) is 0.608. The molecule has 0 N–H and O–H groups in total. The number of carbonyl (C=O) groups excluding carboxylic acids is 1. The van der Waals surface area contributed by atoms with E-state index in [1.165, 1.54) is 6.08 Å². The Hall–Kier alpha value is -0.440. The first-order chi connectivity index (χ1) is 5.77. The number of hydrogen-bond donors (Lipinski definition) is 0. The summed E-state index contributed by atoms with van der Waals surface area (Å²) in [6.07, 6.45) is 2.55. The highest BCUT2D eigenvalue weighted by molar-refractivity contribution is 8.00. The Morgan fingerprint density at radius 1 is 1.83 bits per heavy atom.